The Kier molecular flexibility index (Phi) is 8.90. The summed E-state index contributed by atoms with van der Waals surface area (Å²) in [7, 11) is 0. The van der Waals surface area contributed by atoms with Crippen molar-refractivity contribution in [3.05, 3.63) is 358 Å². The summed E-state index contributed by atoms with van der Waals surface area (Å²) in [6.45, 7) is 0. The Morgan fingerprint density at radius 3 is 0.280 bits per heavy atom. The lowest BCUT2D eigenvalue weighted by molar-refractivity contribution is 0.794. The highest BCUT2D eigenvalue weighted by molar-refractivity contribution is 5.98. The molecule has 0 fully saturated rings. The molecule has 18 rings (SSSR count). The van der Waals surface area contributed by atoms with Crippen molar-refractivity contribution in [2.45, 2.75) is 16.2 Å². The van der Waals surface area contributed by atoms with E-state index in [0.717, 1.165) is 0 Å². The van der Waals surface area contributed by atoms with Crippen molar-refractivity contribution >= 4 is 0 Å². The van der Waals surface area contributed by atoms with E-state index in [-0.39, 0.29) is 16.2 Å². The quantitative estimate of drug-likeness (QED) is 0.142. The van der Waals surface area contributed by atoms with E-state index in [1.807, 2.05) is 0 Å². The fourth-order valence-corrected chi connectivity index (χ4v) is 15.2. The van der Waals surface area contributed by atoms with Crippen LogP contribution < -0.4 is 0 Å². The summed E-state index contributed by atoms with van der Waals surface area (Å²) in [5, 5.41) is 0. The van der Waals surface area contributed by atoms with Crippen LogP contribution in [0, 0.1) is 0 Å². The molecule has 6 aliphatic rings. The van der Waals surface area contributed by atoms with E-state index in [9.17, 15) is 0 Å². The molecular weight excluding hydrogens is 901 g/mol. The van der Waals surface area contributed by atoms with Crippen LogP contribution in [0.2, 0.25) is 0 Å². The van der Waals surface area contributed by atoms with Gasteiger partial charge in [-0.2, -0.15) is 0 Å². The molecule has 0 nitrogen and oxygen atoms in total. The van der Waals surface area contributed by atoms with Crippen LogP contribution in [0.5, 0.6) is 0 Å². The maximum absolute atomic E-state index is 2.31. The van der Waals surface area contributed by atoms with Crippen molar-refractivity contribution in [1.29, 1.82) is 0 Å². The summed E-state index contributed by atoms with van der Waals surface area (Å²) in [5.41, 5.74) is 32.8. The number of fused-ring (bicyclic) bond motifs is 30. The van der Waals surface area contributed by atoms with Crippen LogP contribution in [0.1, 0.15) is 66.8 Å². The molecule has 0 saturated carbocycles. The van der Waals surface area contributed by atoms with Crippen molar-refractivity contribution in [2.24, 2.45) is 0 Å². The predicted octanol–water partition coefficient (Wildman–Crippen LogP) is 18.1. The summed E-state index contributed by atoms with van der Waals surface area (Å²) in [5.74, 6) is 0. The van der Waals surface area contributed by atoms with Gasteiger partial charge in [0.15, 0.2) is 0 Å². The molecule has 0 atom stereocenters. The van der Waals surface area contributed by atoms with Crippen molar-refractivity contribution in [2.75, 3.05) is 0 Å². The standard InChI is InChI=1S/3C25H16/c3*1-5-13-21-17(9-1)18-10-2-6-14-22(18)25(21)23-15-7-3-11-19(23)20-12-4-8-16-24(20)25/h3*1-16H. The van der Waals surface area contributed by atoms with E-state index in [2.05, 4.69) is 291 Å². The molecule has 0 aliphatic heterocycles. The van der Waals surface area contributed by atoms with Gasteiger partial charge in [0.2, 0.25) is 0 Å². The van der Waals surface area contributed by atoms with Crippen LogP contribution in [0.4, 0.5) is 0 Å². The molecule has 0 bridgehead atoms. The first-order valence-corrected chi connectivity index (χ1v) is 26.4. The number of benzene rings is 12. The molecular formula is C75H48. The molecule has 12 aromatic rings. The van der Waals surface area contributed by atoms with Gasteiger partial charge in [-0.3, -0.25) is 0 Å². The van der Waals surface area contributed by atoms with Crippen LogP contribution in [-0.4, -0.2) is 0 Å². The number of hydrogen-bond acceptors (Lipinski definition) is 0. The zero-order valence-corrected chi connectivity index (χ0v) is 41.2. The van der Waals surface area contributed by atoms with Gasteiger partial charge in [-0.25, -0.2) is 0 Å². The zero-order chi connectivity index (χ0) is 49.3. The van der Waals surface area contributed by atoms with Crippen LogP contribution in [0.15, 0.2) is 291 Å². The Morgan fingerprint density at radius 2 is 0.187 bits per heavy atom. The minimum absolute atomic E-state index is 0.180. The fourth-order valence-electron chi connectivity index (χ4n) is 15.2. The number of hydrogen-bond donors (Lipinski definition) is 0. The highest BCUT2D eigenvalue weighted by atomic mass is 14.5. The molecule has 75 heavy (non-hydrogen) atoms. The van der Waals surface area contributed by atoms with E-state index < -0.39 is 0 Å². The zero-order valence-electron chi connectivity index (χ0n) is 41.2. The third kappa shape index (κ3) is 5.31. The topological polar surface area (TPSA) is 0 Å². The maximum atomic E-state index is 2.31. The third-order valence-corrected chi connectivity index (χ3v) is 17.7. The summed E-state index contributed by atoms with van der Waals surface area (Å²) < 4.78 is 0. The SMILES string of the molecule is c1ccc2c(c1)-c1ccccc1C21c2ccccc2-c2ccccc21.c1ccc2c(c1)-c1ccccc1C21c2ccccc2-c2ccccc21.c1ccc2c(c1)-c1ccccc1C21c2ccccc2-c2ccccc21. The molecule has 0 aromatic heterocycles. The molecule has 0 unspecified atom stereocenters. The Morgan fingerprint density at radius 1 is 0.107 bits per heavy atom. The van der Waals surface area contributed by atoms with Crippen LogP contribution in [-0.2, 0) is 16.2 Å². The van der Waals surface area contributed by atoms with E-state index in [0.29, 0.717) is 0 Å². The van der Waals surface area contributed by atoms with Crippen molar-refractivity contribution in [3.8, 4) is 66.8 Å². The van der Waals surface area contributed by atoms with Gasteiger partial charge in [0.1, 0.15) is 0 Å². The van der Waals surface area contributed by atoms with E-state index in [1.54, 1.807) is 0 Å². The molecule has 0 radical (unpaired) electrons. The molecule has 0 saturated heterocycles. The molecule has 0 heterocycles. The van der Waals surface area contributed by atoms with Gasteiger partial charge in [-0.05, 0) is 134 Å². The molecule has 0 amide bonds. The largest absolute Gasteiger partial charge is 0.0725 e. The average molecular weight is 949 g/mol. The maximum Gasteiger partial charge on any atom is 0.0725 e. The molecule has 3 spiro atoms. The lowest BCUT2D eigenvalue weighted by Gasteiger charge is -2.30. The van der Waals surface area contributed by atoms with E-state index in [4.69, 9.17) is 0 Å². The number of rotatable bonds is 0. The molecule has 0 heteroatoms. The highest BCUT2D eigenvalue weighted by Crippen LogP contribution is 2.65. The minimum Gasteiger partial charge on any atom is -0.0619 e. The van der Waals surface area contributed by atoms with Crippen LogP contribution in [0.25, 0.3) is 66.8 Å². The van der Waals surface area contributed by atoms with Gasteiger partial charge in [0, 0.05) is 0 Å². The van der Waals surface area contributed by atoms with Gasteiger partial charge in [-0.1, -0.05) is 291 Å². The fraction of sp³-hybridized carbons (Fsp3) is 0.0400. The lowest BCUT2D eigenvalue weighted by Crippen LogP contribution is -2.25. The van der Waals surface area contributed by atoms with Gasteiger partial charge in [0.05, 0.1) is 16.2 Å². The Labute approximate surface area is 438 Å². The van der Waals surface area contributed by atoms with Crippen molar-refractivity contribution in [3.63, 3.8) is 0 Å². The molecule has 348 valence electrons. The molecule has 0 N–H and O–H groups in total. The first kappa shape index (κ1) is 42.2. The summed E-state index contributed by atoms with van der Waals surface area (Å²) >= 11 is 0. The van der Waals surface area contributed by atoms with E-state index >= 15 is 0 Å². The molecule has 12 aromatic carbocycles. The Hall–Kier alpha value is -9.36. The van der Waals surface area contributed by atoms with Crippen LogP contribution in [0.3, 0.4) is 0 Å². The smallest absolute Gasteiger partial charge is 0.0619 e. The van der Waals surface area contributed by atoms with Gasteiger partial charge < -0.3 is 0 Å². The van der Waals surface area contributed by atoms with Gasteiger partial charge in [0.25, 0.3) is 0 Å². The first-order valence-electron chi connectivity index (χ1n) is 26.4. The Bertz CT molecular complexity index is 3330. The summed E-state index contributed by atoms with van der Waals surface area (Å²) in [4.78, 5) is 0. The minimum atomic E-state index is -0.180. The van der Waals surface area contributed by atoms with Crippen molar-refractivity contribution < 1.29 is 0 Å². The summed E-state index contributed by atoms with van der Waals surface area (Å²) in [6, 6.07) is 107. The second-order valence-electron chi connectivity index (χ2n) is 20.8. The molecule has 6 aliphatic carbocycles. The van der Waals surface area contributed by atoms with Gasteiger partial charge in [-0.15, -0.1) is 0 Å². The normalized spacial score (nSPS) is 14.7. The Balaban J connectivity index is 0.0000000953. The second kappa shape index (κ2) is 15.8. The average Bonchev–Trinajstić information content (AvgIpc) is 4.48. The second-order valence-corrected chi connectivity index (χ2v) is 20.8. The van der Waals surface area contributed by atoms with Crippen LogP contribution >= 0.6 is 0 Å². The monoisotopic (exact) mass is 948 g/mol. The first-order chi connectivity index (χ1) is 37.3. The van der Waals surface area contributed by atoms with Gasteiger partial charge >= 0.3 is 0 Å². The summed E-state index contributed by atoms with van der Waals surface area (Å²) in [6.07, 6.45) is 0. The predicted molar refractivity (Wildman–Crippen MR) is 308 cm³/mol. The van der Waals surface area contributed by atoms with Crippen molar-refractivity contribution in [1.82, 2.24) is 0 Å². The third-order valence-electron chi connectivity index (χ3n) is 17.7. The lowest BCUT2D eigenvalue weighted by atomic mass is 9.70. The van der Waals surface area contributed by atoms with E-state index in [1.165, 1.54) is 134 Å². The highest BCUT2D eigenvalue weighted by Gasteiger charge is 2.54.